The van der Waals surface area contributed by atoms with E-state index in [1.165, 1.54) is 19.2 Å². The molecule has 0 unspecified atom stereocenters. The molecule has 18 heavy (non-hydrogen) atoms. The minimum Gasteiger partial charge on any atom is -0.456 e. The van der Waals surface area contributed by atoms with Gasteiger partial charge in [0.2, 0.25) is 0 Å². The highest BCUT2D eigenvalue weighted by Gasteiger charge is 2.23. The molecule has 0 spiro atoms. The second kappa shape index (κ2) is 5.78. The molecule has 0 N–H and O–H groups in total. The van der Waals surface area contributed by atoms with Crippen molar-refractivity contribution in [2.45, 2.75) is 18.4 Å². The van der Waals surface area contributed by atoms with E-state index in [0.717, 1.165) is 5.56 Å². The van der Waals surface area contributed by atoms with Gasteiger partial charge in [-0.15, -0.1) is 0 Å². The van der Waals surface area contributed by atoms with Gasteiger partial charge in [0.15, 0.2) is 0 Å². The van der Waals surface area contributed by atoms with Gasteiger partial charge < -0.3 is 9.47 Å². The summed E-state index contributed by atoms with van der Waals surface area (Å²) in [5, 5.41) is 0. The lowest BCUT2D eigenvalue weighted by atomic mass is 9.98. The van der Waals surface area contributed by atoms with Gasteiger partial charge in [0.05, 0.1) is 0 Å². The maximum atomic E-state index is 12.8. The van der Waals surface area contributed by atoms with Crippen LogP contribution in [0, 0.1) is 5.82 Å². The topological polar surface area (TPSA) is 35.5 Å². The molecule has 0 fully saturated rings. The molecule has 0 aromatic heterocycles. The fourth-order valence-electron chi connectivity index (χ4n) is 2.03. The van der Waals surface area contributed by atoms with E-state index < -0.39 is 0 Å². The van der Waals surface area contributed by atoms with Crippen molar-refractivity contribution in [2.24, 2.45) is 0 Å². The molecular weight excluding hydrogens is 235 g/mol. The first-order chi connectivity index (χ1) is 8.69. The summed E-state index contributed by atoms with van der Waals surface area (Å²) in [6.45, 7) is -0.0362. The number of benzene rings is 1. The fraction of sp³-hybridized carbons (Fsp3) is 0.357. The third-order valence-electron chi connectivity index (χ3n) is 2.89. The van der Waals surface area contributed by atoms with Gasteiger partial charge in [-0.1, -0.05) is 18.2 Å². The molecule has 1 aromatic rings. The van der Waals surface area contributed by atoms with Gasteiger partial charge in [0, 0.05) is 13.0 Å². The van der Waals surface area contributed by atoms with Crippen LogP contribution in [0.25, 0.3) is 0 Å². The minimum absolute atomic E-state index is 0.0362. The van der Waals surface area contributed by atoms with Crippen LogP contribution in [0.4, 0.5) is 4.39 Å². The molecule has 1 aromatic carbocycles. The summed E-state index contributed by atoms with van der Waals surface area (Å²) < 4.78 is 22.7. The lowest BCUT2D eigenvalue weighted by Crippen LogP contribution is -2.18. The minimum atomic E-state index is -0.369. The smallest absolute Gasteiger partial charge is 0.332 e. The van der Waals surface area contributed by atoms with Crippen molar-refractivity contribution < 1.29 is 18.7 Å². The van der Waals surface area contributed by atoms with Gasteiger partial charge in [-0.3, -0.25) is 0 Å². The number of rotatable bonds is 4. The molecule has 1 aliphatic carbocycles. The Morgan fingerprint density at radius 3 is 2.72 bits per heavy atom. The van der Waals surface area contributed by atoms with Crippen LogP contribution < -0.4 is 0 Å². The summed E-state index contributed by atoms with van der Waals surface area (Å²) in [7, 11) is 1.45. The quantitative estimate of drug-likeness (QED) is 0.608. The van der Waals surface area contributed by atoms with Crippen LogP contribution in [0.2, 0.25) is 0 Å². The van der Waals surface area contributed by atoms with Crippen LogP contribution in [0.3, 0.4) is 0 Å². The third kappa shape index (κ3) is 3.17. The van der Waals surface area contributed by atoms with Crippen LogP contribution >= 0.6 is 0 Å². The van der Waals surface area contributed by atoms with Gasteiger partial charge in [0.25, 0.3) is 0 Å². The largest absolute Gasteiger partial charge is 0.456 e. The van der Waals surface area contributed by atoms with Crippen molar-refractivity contribution in [3.05, 3.63) is 47.8 Å². The van der Waals surface area contributed by atoms with Crippen molar-refractivity contribution in [1.82, 2.24) is 0 Å². The summed E-state index contributed by atoms with van der Waals surface area (Å²) in [5.41, 5.74) is 1.03. The molecular formula is C14H15FO3. The normalized spacial score (nSPS) is 22.1. The zero-order valence-electron chi connectivity index (χ0n) is 10.1. The molecule has 0 saturated carbocycles. The first kappa shape index (κ1) is 12.8. The molecule has 4 heteroatoms. The Morgan fingerprint density at radius 2 is 2.06 bits per heavy atom. The Balaban J connectivity index is 1.91. The Bertz CT molecular complexity index is 439. The Hall–Kier alpha value is -1.68. The Kier molecular flexibility index (Phi) is 4.10. The number of allylic oxidation sites excluding steroid dienone is 1. The average Bonchev–Trinajstić information content (AvgIpc) is 2.78. The summed E-state index contributed by atoms with van der Waals surface area (Å²) in [4.78, 5) is 11.3. The molecule has 96 valence electrons. The lowest BCUT2D eigenvalue weighted by molar-refractivity contribution is -0.151. The maximum Gasteiger partial charge on any atom is 0.332 e. The summed E-state index contributed by atoms with van der Waals surface area (Å²) in [5.74, 6) is -0.443. The van der Waals surface area contributed by atoms with E-state index in [0.29, 0.717) is 6.42 Å². The van der Waals surface area contributed by atoms with Crippen molar-refractivity contribution in [2.75, 3.05) is 13.7 Å². The highest BCUT2D eigenvalue weighted by molar-refractivity contribution is 5.71. The Morgan fingerprint density at radius 1 is 1.33 bits per heavy atom. The van der Waals surface area contributed by atoms with Crippen LogP contribution in [-0.4, -0.2) is 25.8 Å². The van der Waals surface area contributed by atoms with E-state index in [1.54, 1.807) is 12.1 Å². The van der Waals surface area contributed by atoms with Crippen LogP contribution in [-0.2, 0) is 14.3 Å². The number of carbonyl (C=O) groups excluding carboxylic acids is 1. The summed E-state index contributed by atoms with van der Waals surface area (Å²) >= 11 is 0. The van der Waals surface area contributed by atoms with E-state index in [9.17, 15) is 9.18 Å². The molecule has 0 saturated heterocycles. The maximum absolute atomic E-state index is 12.8. The predicted molar refractivity (Wildman–Crippen MR) is 64.7 cm³/mol. The first-order valence-corrected chi connectivity index (χ1v) is 5.81. The number of carbonyl (C=O) groups is 1. The zero-order chi connectivity index (χ0) is 13.0. The summed E-state index contributed by atoms with van der Waals surface area (Å²) in [6.07, 6.45) is 4.32. The molecule has 0 heterocycles. The van der Waals surface area contributed by atoms with Gasteiger partial charge in [-0.05, 0) is 30.2 Å². The highest BCUT2D eigenvalue weighted by atomic mass is 19.1. The van der Waals surface area contributed by atoms with Crippen molar-refractivity contribution in [3.63, 3.8) is 0 Å². The Labute approximate surface area is 105 Å². The number of halogens is 1. The molecule has 3 nitrogen and oxygen atoms in total. The third-order valence-corrected chi connectivity index (χ3v) is 2.89. The number of hydrogen-bond donors (Lipinski definition) is 0. The van der Waals surface area contributed by atoms with E-state index >= 15 is 0 Å². The predicted octanol–water partition coefficient (Wildman–Crippen LogP) is 2.43. The van der Waals surface area contributed by atoms with E-state index in [1.807, 2.05) is 12.2 Å². The molecule has 1 aliphatic rings. The molecule has 0 radical (unpaired) electrons. The van der Waals surface area contributed by atoms with Crippen molar-refractivity contribution >= 4 is 5.97 Å². The van der Waals surface area contributed by atoms with Gasteiger partial charge in [-0.25, -0.2) is 9.18 Å². The number of ether oxygens (including phenoxy) is 2. The van der Waals surface area contributed by atoms with E-state index in [4.69, 9.17) is 9.47 Å². The molecule has 0 amide bonds. The monoisotopic (exact) mass is 250 g/mol. The molecule has 2 atom stereocenters. The second-order valence-corrected chi connectivity index (χ2v) is 4.24. The highest BCUT2D eigenvalue weighted by Crippen LogP contribution is 2.30. The van der Waals surface area contributed by atoms with E-state index in [-0.39, 0.29) is 30.4 Å². The van der Waals surface area contributed by atoms with Gasteiger partial charge >= 0.3 is 5.97 Å². The number of hydrogen-bond acceptors (Lipinski definition) is 3. The van der Waals surface area contributed by atoms with Crippen LogP contribution in [0.15, 0.2) is 36.4 Å². The number of methoxy groups -OCH3 is 1. The lowest BCUT2D eigenvalue weighted by Gasteiger charge is -2.13. The fourth-order valence-corrected chi connectivity index (χ4v) is 2.03. The first-order valence-electron chi connectivity index (χ1n) is 5.81. The molecule has 2 rings (SSSR count). The molecule has 0 aliphatic heterocycles. The SMILES string of the molecule is COCC(=O)O[C@@H]1C=C[C@H](c2ccc(F)cc2)C1. The van der Waals surface area contributed by atoms with E-state index in [2.05, 4.69) is 0 Å². The standard InChI is InChI=1S/C14H15FO3/c1-17-9-14(16)18-13-7-4-11(8-13)10-2-5-12(15)6-3-10/h2-7,11,13H,8-9H2,1H3/t11-,13+/m0/s1. The van der Waals surface area contributed by atoms with Gasteiger partial charge in [0.1, 0.15) is 18.5 Å². The molecule has 0 bridgehead atoms. The van der Waals surface area contributed by atoms with Crippen molar-refractivity contribution in [3.8, 4) is 0 Å². The number of esters is 1. The summed E-state index contributed by atoms with van der Waals surface area (Å²) in [6, 6.07) is 6.38. The second-order valence-electron chi connectivity index (χ2n) is 4.24. The van der Waals surface area contributed by atoms with Crippen LogP contribution in [0.5, 0.6) is 0 Å². The van der Waals surface area contributed by atoms with Crippen molar-refractivity contribution in [1.29, 1.82) is 0 Å². The average molecular weight is 250 g/mol. The zero-order valence-corrected chi connectivity index (χ0v) is 10.1. The van der Waals surface area contributed by atoms with Crippen LogP contribution in [0.1, 0.15) is 17.9 Å². The van der Waals surface area contributed by atoms with Gasteiger partial charge in [-0.2, -0.15) is 0 Å².